The monoisotopic (exact) mass is 428 g/mol. The summed E-state index contributed by atoms with van der Waals surface area (Å²) < 4.78 is 16.7. The maximum absolute atomic E-state index is 13.1. The van der Waals surface area contributed by atoms with E-state index in [0.29, 0.717) is 29.5 Å². The van der Waals surface area contributed by atoms with Gasteiger partial charge in [0, 0.05) is 49.2 Å². The molecule has 1 aliphatic heterocycles. The van der Waals surface area contributed by atoms with E-state index >= 15 is 0 Å². The molecule has 6 nitrogen and oxygen atoms in total. The number of para-hydroxylation sites is 1. The van der Waals surface area contributed by atoms with Gasteiger partial charge in [-0.25, -0.2) is 0 Å². The predicted octanol–water partition coefficient (Wildman–Crippen LogP) is 4.37. The van der Waals surface area contributed by atoms with E-state index in [1.165, 1.54) is 0 Å². The normalized spacial score (nSPS) is 14.9. The van der Waals surface area contributed by atoms with Crippen LogP contribution in [0.25, 0.3) is 11.0 Å². The van der Waals surface area contributed by atoms with Crippen LogP contribution in [0.5, 0.6) is 11.5 Å². The van der Waals surface area contributed by atoms with Crippen LogP contribution < -0.4 is 9.47 Å². The number of furan rings is 1. The van der Waals surface area contributed by atoms with E-state index < -0.39 is 0 Å². The maximum atomic E-state index is 13.1. The summed E-state index contributed by atoms with van der Waals surface area (Å²) in [6.45, 7) is 5.45. The Balaban J connectivity index is 1.45. The van der Waals surface area contributed by atoms with E-state index in [-0.39, 0.29) is 5.91 Å². The van der Waals surface area contributed by atoms with E-state index in [2.05, 4.69) is 4.90 Å². The number of carbonyl (C=O) groups is 1. The lowest BCUT2D eigenvalue weighted by Gasteiger charge is -2.34. The SMILES string of the molecule is COc1ccc(OC)c(CN2CCN(C(=O)c3oc4c(Cl)cccc4c3C)CC2)c1. The largest absolute Gasteiger partial charge is 0.497 e. The molecule has 1 aliphatic rings. The van der Waals surface area contributed by atoms with Gasteiger partial charge < -0.3 is 18.8 Å². The van der Waals surface area contributed by atoms with Crippen molar-refractivity contribution in [2.45, 2.75) is 13.5 Å². The minimum atomic E-state index is -0.0848. The number of piperazine rings is 1. The van der Waals surface area contributed by atoms with Gasteiger partial charge >= 0.3 is 0 Å². The van der Waals surface area contributed by atoms with E-state index in [0.717, 1.165) is 47.6 Å². The van der Waals surface area contributed by atoms with Crippen LogP contribution in [0.1, 0.15) is 21.7 Å². The zero-order valence-electron chi connectivity index (χ0n) is 17.4. The number of rotatable bonds is 5. The fourth-order valence-electron chi connectivity index (χ4n) is 3.91. The van der Waals surface area contributed by atoms with Crippen molar-refractivity contribution in [3.8, 4) is 11.5 Å². The molecule has 158 valence electrons. The van der Waals surface area contributed by atoms with Crippen molar-refractivity contribution in [1.29, 1.82) is 0 Å². The minimum absolute atomic E-state index is 0.0848. The first kappa shape index (κ1) is 20.6. The topological polar surface area (TPSA) is 55.2 Å². The van der Waals surface area contributed by atoms with Crippen LogP contribution in [-0.2, 0) is 6.54 Å². The number of aryl methyl sites for hydroxylation is 1. The summed E-state index contributed by atoms with van der Waals surface area (Å²) in [5.41, 5.74) is 2.48. The Kier molecular flexibility index (Phi) is 5.88. The Morgan fingerprint density at radius 3 is 2.53 bits per heavy atom. The third kappa shape index (κ3) is 3.85. The molecular formula is C23H25ClN2O4. The van der Waals surface area contributed by atoms with Crippen LogP contribution >= 0.6 is 11.6 Å². The van der Waals surface area contributed by atoms with Gasteiger partial charge in [-0.15, -0.1) is 0 Å². The molecule has 0 spiro atoms. The first-order valence-electron chi connectivity index (χ1n) is 9.92. The molecule has 0 aliphatic carbocycles. The number of benzene rings is 2. The number of halogens is 1. The van der Waals surface area contributed by atoms with Gasteiger partial charge in [-0.1, -0.05) is 23.7 Å². The standard InChI is InChI=1S/C23H25ClN2O4/c1-15-18-5-4-6-19(24)22(18)30-21(15)23(27)26-11-9-25(10-12-26)14-16-13-17(28-2)7-8-20(16)29-3/h4-8,13H,9-12,14H2,1-3H3. The third-order valence-electron chi connectivity index (χ3n) is 5.65. The second kappa shape index (κ2) is 8.58. The van der Waals surface area contributed by atoms with Crippen molar-refractivity contribution in [3.05, 3.63) is 58.3 Å². The summed E-state index contributed by atoms with van der Waals surface area (Å²) >= 11 is 6.23. The molecule has 1 aromatic heterocycles. The lowest BCUT2D eigenvalue weighted by atomic mass is 10.1. The molecule has 4 rings (SSSR count). The number of methoxy groups -OCH3 is 2. The molecule has 30 heavy (non-hydrogen) atoms. The van der Waals surface area contributed by atoms with Crippen LogP contribution in [0, 0.1) is 6.92 Å². The molecule has 2 aromatic carbocycles. The molecule has 0 atom stereocenters. The molecule has 0 radical (unpaired) electrons. The lowest BCUT2D eigenvalue weighted by molar-refractivity contribution is 0.0598. The molecule has 1 amide bonds. The molecule has 0 saturated carbocycles. The quantitative estimate of drug-likeness (QED) is 0.604. The lowest BCUT2D eigenvalue weighted by Crippen LogP contribution is -2.48. The fraction of sp³-hybridized carbons (Fsp3) is 0.348. The molecule has 0 bridgehead atoms. The Morgan fingerprint density at radius 2 is 1.87 bits per heavy atom. The molecule has 3 aromatic rings. The number of ether oxygens (including phenoxy) is 2. The van der Waals surface area contributed by atoms with Crippen molar-refractivity contribution >= 4 is 28.5 Å². The summed E-state index contributed by atoms with van der Waals surface area (Å²) in [5.74, 6) is 1.93. The first-order chi connectivity index (χ1) is 14.5. The van der Waals surface area contributed by atoms with Crippen molar-refractivity contribution in [2.75, 3.05) is 40.4 Å². The van der Waals surface area contributed by atoms with Crippen molar-refractivity contribution in [3.63, 3.8) is 0 Å². The van der Waals surface area contributed by atoms with Crippen molar-refractivity contribution in [2.24, 2.45) is 0 Å². The number of nitrogens with zero attached hydrogens (tertiary/aromatic N) is 2. The predicted molar refractivity (Wildman–Crippen MR) is 117 cm³/mol. The van der Waals surface area contributed by atoms with E-state index in [9.17, 15) is 4.79 Å². The second-order valence-corrected chi connectivity index (χ2v) is 7.83. The molecule has 2 heterocycles. The summed E-state index contributed by atoms with van der Waals surface area (Å²) in [5, 5.41) is 1.40. The van der Waals surface area contributed by atoms with Gasteiger partial charge in [0.25, 0.3) is 5.91 Å². The van der Waals surface area contributed by atoms with Crippen LogP contribution in [0.3, 0.4) is 0 Å². The summed E-state index contributed by atoms with van der Waals surface area (Å²) in [6, 6.07) is 11.4. The second-order valence-electron chi connectivity index (χ2n) is 7.42. The fourth-order valence-corrected chi connectivity index (χ4v) is 4.13. The van der Waals surface area contributed by atoms with Crippen molar-refractivity contribution in [1.82, 2.24) is 9.80 Å². The van der Waals surface area contributed by atoms with Gasteiger partial charge in [-0.2, -0.15) is 0 Å². The van der Waals surface area contributed by atoms with E-state index in [1.807, 2.05) is 42.2 Å². The van der Waals surface area contributed by atoms with Gasteiger partial charge in [0.05, 0.1) is 19.2 Å². The first-order valence-corrected chi connectivity index (χ1v) is 10.3. The molecule has 1 saturated heterocycles. The van der Waals surface area contributed by atoms with Gasteiger partial charge in [0.2, 0.25) is 0 Å². The Labute approximate surface area is 180 Å². The molecular weight excluding hydrogens is 404 g/mol. The number of hydrogen-bond acceptors (Lipinski definition) is 5. The zero-order valence-corrected chi connectivity index (χ0v) is 18.2. The highest BCUT2D eigenvalue weighted by molar-refractivity contribution is 6.35. The van der Waals surface area contributed by atoms with E-state index in [4.69, 9.17) is 25.5 Å². The van der Waals surface area contributed by atoms with Crippen LogP contribution in [0.4, 0.5) is 0 Å². The highest BCUT2D eigenvalue weighted by Gasteiger charge is 2.27. The average molecular weight is 429 g/mol. The van der Waals surface area contributed by atoms with Crippen LogP contribution in [-0.4, -0.2) is 56.1 Å². The smallest absolute Gasteiger partial charge is 0.289 e. The van der Waals surface area contributed by atoms with Crippen LogP contribution in [0.15, 0.2) is 40.8 Å². The average Bonchev–Trinajstić information content (AvgIpc) is 3.11. The molecule has 1 fully saturated rings. The summed E-state index contributed by atoms with van der Waals surface area (Å²) in [7, 11) is 3.33. The van der Waals surface area contributed by atoms with Gasteiger partial charge in [-0.3, -0.25) is 9.69 Å². The van der Waals surface area contributed by atoms with Crippen LogP contribution in [0.2, 0.25) is 5.02 Å². The van der Waals surface area contributed by atoms with Gasteiger partial charge in [0.15, 0.2) is 11.3 Å². The number of fused-ring (bicyclic) bond motifs is 1. The molecule has 0 unspecified atom stereocenters. The number of hydrogen-bond donors (Lipinski definition) is 0. The highest BCUT2D eigenvalue weighted by atomic mass is 35.5. The van der Waals surface area contributed by atoms with Gasteiger partial charge in [0.1, 0.15) is 11.5 Å². The number of amides is 1. The number of carbonyl (C=O) groups excluding carboxylic acids is 1. The maximum Gasteiger partial charge on any atom is 0.289 e. The molecule has 0 N–H and O–H groups in total. The highest BCUT2D eigenvalue weighted by Crippen LogP contribution is 2.31. The van der Waals surface area contributed by atoms with E-state index in [1.54, 1.807) is 20.3 Å². The summed E-state index contributed by atoms with van der Waals surface area (Å²) in [6.07, 6.45) is 0. The minimum Gasteiger partial charge on any atom is -0.497 e. The molecule has 7 heteroatoms. The Morgan fingerprint density at radius 1 is 1.10 bits per heavy atom. The Hall–Kier alpha value is -2.70. The Bertz CT molecular complexity index is 1070. The summed E-state index contributed by atoms with van der Waals surface area (Å²) in [4.78, 5) is 17.2. The zero-order chi connectivity index (χ0) is 21.3. The van der Waals surface area contributed by atoms with Crippen molar-refractivity contribution < 1.29 is 18.7 Å². The van der Waals surface area contributed by atoms with Gasteiger partial charge in [-0.05, 0) is 31.2 Å². The third-order valence-corrected chi connectivity index (χ3v) is 5.95.